The molecular formula is C16H13ClIN3O2. The van der Waals surface area contributed by atoms with Crippen molar-refractivity contribution in [2.45, 2.75) is 6.92 Å². The number of hydrogen-bond acceptors (Lipinski definition) is 3. The molecule has 5 nitrogen and oxygen atoms in total. The minimum atomic E-state index is -0.855. The summed E-state index contributed by atoms with van der Waals surface area (Å²) in [4.78, 5) is 23.6. The van der Waals surface area contributed by atoms with Gasteiger partial charge in [0.1, 0.15) is 0 Å². The third-order valence-corrected chi connectivity index (χ3v) is 4.03. The van der Waals surface area contributed by atoms with Gasteiger partial charge in [-0.05, 0) is 64.9 Å². The highest BCUT2D eigenvalue weighted by atomic mass is 127. The summed E-state index contributed by atoms with van der Waals surface area (Å²) < 4.78 is 1.05. The first-order valence-corrected chi connectivity index (χ1v) is 8.08. The molecule has 0 bridgehead atoms. The van der Waals surface area contributed by atoms with Gasteiger partial charge in [-0.15, -0.1) is 0 Å². The van der Waals surface area contributed by atoms with E-state index < -0.39 is 11.8 Å². The Labute approximate surface area is 152 Å². The lowest BCUT2D eigenvalue weighted by Crippen LogP contribution is -2.32. The minimum absolute atomic E-state index is 0.485. The number of anilines is 1. The summed E-state index contributed by atoms with van der Waals surface area (Å²) in [7, 11) is 0. The first-order valence-electron chi connectivity index (χ1n) is 6.62. The van der Waals surface area contributed by atoms with E-state index in [0.29, 0.717) is 16.3 Å². The Morgan fingerprint density at radius 1 is 1.17 bits per heavy atom. The number of nitrogens with one attached hydrogen (secondary N) is 2. The van der Waals surface area contributed by atoms with Gasteiger partial charge in [-0.2, -0.15) is 5.10 Å². The van der Waals surface area contributed by atoms with Gasteiger partial charge < -0.3 is 5.32 Å². The molecule has 0 unspecified atom stereocenters. The summed E-state index contributed by atoms with van der Waals surface area (Å²) in [6.07, 6.45) is 1.47. The second-order valence-corrected chi connectivity index (χ2v) is 6.27. The molecule has 0 saturated heterocycles. The quantitative estimate of drug-likeness (QED) is 0.332. The lowest BCUT2D eigenvalue weighted by atomic mass is 10.2. The Morgan fingerprint density at radius 3 is 2.65 bits per heavy atom. The number of benzene rings is 2. The SMILES string of the molecule is Cc1c(Cl)cccc1NC(=O)C(=O)N/N=C/c1cccc(I)c1. The molecule has 0 heterocycles. The van der Waals surface area contributed by atoms with Crippen LogP contribution in [0.3, 0.4) is 0 Å². The molecule has 2 amide bonds. The highest BCUT2D eigenvalue weighted by molar-refractivity contribution is 14.1. The zero-order chi connectivity index (χ0) is 16.8. The first-order chi connectivity index (χ1) is 11.0. The molecule has 0 radical (unpaired) electrons. The van der Waals surface area contributed by atoms with Gasteiger partial charge in [0.2, 0.25) is 0 Å². The highest BCUT2D eigenvalue weighted by Gasteiger charge is 2.14. The predicted molar refractivity (Wildman–Crippen MR) is 99.7 cm³/mol. The van der Waals surface area contributed by atoms with E-state index >= 15 is 0 Å². The van der Waals surface area contributed by atoms with Crippen LogP contribution in [0, 0.1) is 10.5 Å². The standard InChI is InChI=1S/C16H13ClIN3O2/c1-10-13(17)6-3-7-14(10)20-15(22)16(23)21-19-9-11-4-2-5-12(18)8-11/h2-9H,1H3,(H,20,22)(H,21,23)/b19-9+. The van der Waals surface area contributed by atoms with Crippen molar-refractivity contribution in [3.63, 3.8) is 0 Å². The van der Waals surface area contributed by atoms with Crippen molar-refractivity contribution in [1.29, 1.82) is 0 Å². The van der Waals surface area contributed by atoms with Crippen LogP contribution in [0.1, 0.15) is 11.1 Å². The molecule has 2 rings (SSSR count). The van der Waals surface area contributed by atoms with Gasteiger partial charge in [0.15, 0.2) is 0 Å². The summed E-state index contributed by atoms with van der Waals surface area (Å²) in [6.45, 7) is 1.75. The molecular weight excluding hydrogens is 429 g/mol. The zero-order valence-electron chi connectivity index (χ0n) is 12.1. The number of hydrogen-bond donors (Lipinski definition) is 2. The molecule has 118 valence electrons. The Morgan fingerprint density at radius 2 is 1.91 bits per heavy atom. The molecule has 2 N–H and O–H groups in total. The van der Waals surface area contributed by atoms with Gasteiger partial charge in [0.25, 0.3) is 0 Å². The molecule has 0 atom stereocenters. The largest absolute Gasteiger partial charge is 0.329 e. The molecule has 0 aliphatic rings. The average Bonchev–Trinajstić information content (AvgIpc) is 2.51. The van der Waals surface area contributed by atoms with Crippen molar-refractivity contribution in [2.75, 3.05) is 5.32 Å². The number of hydrazone groups is 1. The fourth-order valence-electron chi connectivity index (χ4n) is 1.73. The molecule has 23 heavy (non-hydrogen) atoms. The van der Waals surface area contributed by atoms with Crippen LogP contribution in [-0.2, 0) is 9.59 Å². The second kappa shape index (κ2) is 8.07. The van der Waals surface area contributed by atoms with E-state index in [9.17, 15) is 9.59 Å². The van der Waals surface area contributed by atoms with Crippen LogP contribution in [0.15, 0.2) is 47.6 Å². The Balaban J connectivity index is 1.95. The van der Waals surface area contributed by atoms with Crippen LogP contribution < -0.4 is 10.7 Å². The molecule has 7 heteroatoms. The van der Waals surface area contributed by atoms with E-state index in [4.69, 9.17) is 11.6 Å². The highest BCUT2D eigenvalue weighted by Crippen LogP contribution is 2.22. The first kappa shape index (κ1) is 17.4. The summed E-state index contributed by atoms with van der Waals surface area (Å²) in [6, 6.07) is 12.6. The van der Waals surface area contributed by atoms with Crippen LogP contribution in [0.2, 0.25) is 5.02 Å². The fourth-order valence-corrected chi connectivity index (χ4v) is 2.47. The van der Waals surface area contributed by atoms with Crippen LogP contribution >= 0.6 is 34.2 Å². The van der Waals surface area contributed by atoms with Crippen LogP contribution in [0.5, 0.6) is 0 Å². The molecule has 0 aromatic heterocycles. The summed E-state index contributed by atoms with van der Waals surface area (Å²) in [5.41, 5.74) is 4.19. The topological polar surface area (TPSA) is 70.6 Å². The lowest BCUT2D eigenvalue weighted by Gasteiger charge is -2.08. The zero-order valence-corrected chi connectivity index (χ0v) is 15.1. The van der Waals surface area contributed by atoms with E-state index in [2.05, 4.69) is 38.4 Å². The third kappa shape index (κ3) is 5.04. The van der Waals surface area contributed by atoms with Gasteiger partial charge in [-0.3, -0.25) is 9.59 Å². The number of amides is 2. The number of carbonyl (C=O) groups excluding carboxylic acids is 2. The molecule has 0 spiro atoms. The van der Waals surface area contributed by atoms with Crippen molar-refractivity contribution < 1.29 is 9.59 Å². The molecule has 0 fully saturated rings. The van der Waals surface area contributed by atoms with Gasteiger partial charge in [0.05, 0.1) is 6.21 Å². The van der Waals surface area contributed by atoms with Crippen LogP contribution in [0.25, 0.3) is 0 Å². The van der Waals surface area contributed by atoms with Gasteiger partial charge >= 0.3 is 11.8 Å². The molecule has 2 aromatic carbocycles. The smallest absolute Gasteiger partial charge is 0.317 e. The number of nitrogens with zero attached hydrogens (tertiary/aromatic N) is 1. The maximum Gasteiger partial charge on any atom is 0.329 e. The number of carbonyl (C=O) groups is 2. The Kier molecular flexibility index (Phi) is 6.12. The van der Waals surface area contributed by atoms with E-state index in [-0.39, 0.29) is 0 Å². The fraction of sp³-hybridized carbons (Fsp3) is 0.0625. The van der Waals surface area contributed by atoms with Gasteiger partial charge in [-0.1, -0.05) is 29.8 Å². The molecule has 0 saturated carbocycles. The summed E-state index contributed by atoms with van der Waals surface area (Å²) in [5.74, 6) is -1.67. The van der Waals surface area contributed by atoms with Crippen molar-refractivity contribution in [3.8, 4) is 0 Å². The summed E-state index contributed by atoms with van der Waals surface area (Å²) >= 11 is 8.14. The number of halogens is 2. The normalized spacial score (nSPS) is 10.6. The molecule has 0 aliphatic heterocycles. The predicted octanol–water partition coefficient (Wildman–Crippen LogP) is 3.34. The van der Waals surface area contributed by atoms with E-state index in [1.165, 1.54) is 6.21 Å². The maximum absolute atomic E-state index is 11.8. The van der Waals surface area contributed by atoms with Crippen molar-refractivity contribution in [3.05, 3.63) is 62.2 Å². The Bertz CT molecular complexity index is 778. The minimum Gasteiger partial charge on any atom is -0.317 e. The average molecular weight is 442 g/mol. The van der Waals surface area contributed by atoms with Gasteiger partial charge in [0, 0.05) is 14.3 Å². The molecule has 0 aliphatic carbocycles. The van der Waals surface area contributed by atoms with Gasteiger partial charge in [-0.25, -0.2) is 5.43 Å². The van der Waals surface area contributed by atoms with Crippen molar-refractivity contribution >= 4 is 57.9 Å². The molecule has 2 aromatic rings. The van der Waals surface area contributed by atoms with Crippen LogP contribution in [0.4, 0.5) is 5.69 Å². The van der Waals surface area contributed by atoms with Crippen molar-refractivity contribution in [2.24, 2.45) is 5.10 Å². The van der Waals surface area contributed by atoms with E-state index in [0.717, 1.165) is 9.13 Å². The van der Waals surface area contributed by atoms with E-state index in [1.807, 2.05) is 24.3 Å². The lowest BCUT2D eigenvalue weighted by molar-refractivity contribution is -0.136. The van der Waals surface area contributed by atoms with Crippen molar-refractivity contribution in [1.82, 2.24) is 5.43 Å². The second-order valence-electron chi connectivity index (χ2n) is 4.62. The van der Waals surface area contributed by atoms with E-state index in [1.54, 1.807) is 25.1 Å². The maximum atomic E-state index is 11.8. The third-order valence-electron chi connectivity index (χ3n) is 2.95. The summed E-state index contributed by atoms with van der Waals surface area (Å²) in [5, 5.41) is 6.78. The number of rotatable bonds is 3. The monoisotopic (exact) mass is 441 g/mol. The van der Waals surface area contributed by atoms with Crippen LogP contribution in [-0.4, -0.2) is 18.0 Å². The Hall–Kier alpha value is -1.93.